The molecule has 1 aromatic carbocycles. The fourth-order valence-electron chi connectivity index (χ4n) is 2.35. The highest BCUT2D eigenvalue weighted by atomic mass is 16.6. The smallest absolute Gasteiger partial charge is 0.410 e. The van der Waals surface area contributed by atoms with E-state index in [1.165, 1.54) is 0 Å². The number of piperazine rings is 1. The molecule has 1 aromatic rings. The van der Waals surface area contributed by atoms with Gasteiger partial charge >= 0.3 is 6.09 Å². The van der Waals surface area contributed by atoms with Crippen molar-refractivity contribution < 1.29 is 14.6 Å². The summed E-state index contributed by atoms with van der Waals surface area (Å²) < 4.78 is 5.32. The molecule has 1 fully saturated rings. The zero-order valence-corrected chi connectivity index (χ0v) is 12.6. The molecule has 1 aliphatic rings. The Morgan fingerprint density at radius 2 is 1.90 bits per heavy atom. The molecule has 1 amide bonds. The van der Waals surface area contributed by atoms with E-state index < -0.39 is 0 Å². The van der Waals surface area contributed by atoms with Crippen molar-refractivity contribution in [1.82, 2.24) is 9.80 Å². The van der Waals surface area contributed by atoms with E-state index in [1.54, 1.807) is 4.90 Å². The monoisotopic (exact) mass is 292 g/mol. The molecule has 1 aliphatic heterocycles. The second kappa shape index (κ2) is 8.00. The van der Waals surface area contributed by atoms with Crippen LogP contribution in [0.15, 0.2) is 30.3 Å². The summed E-state index contributed by atoms with van der Waals surface area (Å²) in [6.07, 6.45) is 0.232. The van der Waals surface area contributed by atoms with Gasteiger partial charge in [0.2, 0.25) is 0 Å². The highest BCUT2D eigenvalue weighted by Gasteiger charge is 2.23. The van der Waals surface area contributed by atoms with Crippen LogP contribution in [0.3, 0.4) is 0 Å². The zero-order valence-electron chi connectivity index (χ0n) is 12.6. The van der Waals surface area contributed by atoms with Gasteiger partial charge in [-0.2, -0.15) is 0 Å². The van der Waals surface area contributed by atoms with Crippen molar-refractivity contribution in [2.75, 3.05) is 32.7 Å². The lowest BCUT2D eigenvalue weighted by Crippen LogP contribution is -2.50. The number of ether oxygens (including phenoxy) is 1. The maximum atomic E-state index is 12.0. The Morgan fingerprint density at radius 3 is 2.52 bits per heavy atom. The molecule has 0 bridgehead atoms. The minimum Gasteiger partial charge on any atom is -0.445 e. The molecule has 2 rings (SSSR count). The van der Waals surface area contributed by atoms with Crippen molar-refractivity contribution in [3.05, 3.63) is 35.9 Å². The highest BCUT2D eigenvalue weighted by Crippen LogP contribution is 2.08. The van der Waals surface area contributed by atoms with Gasteiger partial charge in [0.1, 0.15) is 6.61 Å². The summed E-state index contributed by atoms with van der Waals surface area (Å²) in [7, 11) is 0. The molecule has 1 atom stereocenters. The first-order chi connectivity index (χ1) is 10.2. The number of aliphatic hydroxyl groups excluding tert-OH is 1. The molecule has 0 unspecified atom stereocenters. The Kier molecular flexibility index (Phi) is 6.02. The molecule has 0 aromatic heterocycles. The Morgan fingerprint density at radius 1 is 1.24 bits per heavy atom. The predicted molar refractivity (Wildman–Crippen MR) is 80.9 cm³/mol. The van der Waals surface area contributed by atoms with Gasteiger partial charge in [0, 0.05) is 32.7 Å². The standard InChI is InChI=1S/C16H24N2O3/c1-2-15(19)12-17-8-10-18(11-9-17)16(20)21-13-14-6-4-3-5-7-14/h3-7,15,19H,2,8-13H2,1H3/t15-/m0/s1. The summed E-state index contributed by atoms with van der Waals surface area (Å²) in [4.78, 5) is 15.9. The van der Waals surface area contributed by atoms with Crippen molar-refractivity contribution in [3.8, 4) is 0 Å². The van der Waals surface area contributed by atoms with Crippen molar-refractivity contribution in [3.63, 3.8) is 0 Å². The number of amides is 1. The van der Waals surface area contributed by atoms with Crippen molar-refractivity contribution >= 4 is 6.09 Å². The third-order valence-electron chi connectivity index (χ3n) is 3.78. The number of hydrogen-bond donors (Lipinski definition) is 1. The average Bonchev–Trinajstić information content (AvgIpc) is 2.54. The summed E-state index contributed by atoms with van der Waals surface area (Å²) in [5.41, 5.74) is 0.996. The van der Waals surface area contributed by atoms with E-state index in [4.69, 9.17) is 4.74 Å². The first-order valence-corrected chi connectivity index (χ1v) is 7.55. The van der Waals surface area contributed by atoms with Gasteiger partial charge in [-0.1, -0.05) is 37.3 Å². The summed E-state index contributed by atoms with van der Waals surface area (Å²) >= 11 is 0. The van der Waals surface area contributed by atoms with Crippen LogP contribution in [-0.2, 0) is 11.3 Å². The number of β-amino-alcohol motifs (C(OH)–C–C–N with tert-alkyl or cyclic N) is 1. The van der Waals surface area contributed by atoms with E-state index in [1.807, 2.05) is 37.3 Å². The van der Waals surface area contributed by atoms with E-state index in [9.17, 15) is 9.90 Å². The summed E-state index contributed by atoms with van der Waals surface area (Å²) in [6, 6.07) is 9.69. The fourth-order valence-corrected chi connectivity index (χ4v) is 2.35. The molecule has 0 aliphatic carbocycles. The first kappa shape index (κ1) is 15.8. The molecule has 1 heterocycles. The minimum absolute atomic E-state index is 0.255. The number of benzene rings is 1. The summed E-state index contributed by atoms with van der Waals surface area (Å²) in [6.45, 7) is 5.86. The Bertz CT molecular complexity index is 430. The normalized spacial score (nSPS) is 17.5. The van der Waals surface area contributed by atoms with Gasteiger partial charge in [-0.25, -0.2) is 4.79 Å². The topological polar surface area (TPSA) is 53.0 Å². The number of nitrogens with zero attached hydrogens (tertiary/aromatic N) is 2. The van der Waals surface area contributed by atoms with E-state index >= 15 is 0 Å². The van der Waals surface area contributed by atoms with Crippen molar-refractivity contribution in [1.29, 1.82) is 0 Å². The van der Waals surface area contributed by atoms with E-state index in [0.29, 0.717) is 26.2 Å². The van der Waals surface area contributed by atoms with E-state index in [-0.39, 0.29) is 12.2 Å². The number of carbonyl (C=O) groups is 1. The Balaban J connectivity index is 1.70. The average molecular weight is 292 g/mol. The van der Waals surface area contributed by atoms with Crippen LogP contribution in [0.5, 0.6) is 0 Å². The van der Waals surface area contributed by atoms with Crippen LogP contribution >= 0.6 is 0 Å². The SMILES string of the molecule is CC[C@H](O)CN1CCN(C(=O)OCc2ccccc2)CC1. The first-order valence-electron chi connectivity index (χ1n) is 7.55. The van der Waals surface area contributed by atoms with Gasteiger partial charge < -0.3 is 14.7 Å². The molecular weight excluding hydrogens is 268 g/mol. The van der Waals surface area contributed by atoms with Crippen molar-refractivity contribution in [2.24, 2.45) is 0 Å². The number of rotatable bonds is 5. The van der Waals surface area contributed by atoms with Crippen LogP contribution in [0.1, 0.15) is 18.9 Å². The molecule has 0 spiro atoms. The maximum absolute atomic E-state index is 12.0. The van der Waals surface area contributed by atoms with Gasteiger partial charge in [-0.15, -0.1) is 0 Å². The van der Waals surface area contributed by atoms with Crippen molar-refractivity contribution in [2.45, 2.75) is 26.1 Å². The van der Waals surface area contributed by atoms with Gasteiger partial charge in [0.25, 0.3) is 0 Å². The number of hydrogen-bond acceptors (Lipinski definition) is 4. The van der Waals surface area contributed by atoms with Crippen LogP contribution in [-0.4, -0.2) is 59.8 Å². The number of carbonyl (C=O) groups excluding carboxylic acids is 1. The molecule has 1 saturated heterocycles. The van der Waals surface area contributed by atoms with Crippen LogP contribution < -0.4 is 0 Å². The maximum Gasteiger partial charge on any atom is 0.410 e. The Labute approximate surface area is 126 Å². The quantitative estimate of drug-likeness (QED) is 0.897. The Hall–Kier alpha value is -1.59. The zero-order chi connectivity index (χ0) is 15.1. The summed E-state index contributed by atoms with van der Waals surface area (Å²) in [5, 5.41) is 9.65. The molecular formula is C16H24N2O3. The van der Waals surface area contributed by atoms with Gasteiger partial charge in [0.15, 0.2) is 0 Å². The summed E-state index contributed by atoms with van der Waals surface area (Å²) in [5.74, 6) is 0. The minimum atomic E-state index is -0.276. The lowest BCUT2D eigenvalue weighted by atomic mass is 10.2. The predicted octanol–water partition coefficient (Wildman–Crippen LogP) is 1.71. The molecule has 0 radical (unpaired) electrons. The van der Waals surface area contributed by atoms with Crippen LogP contribution in [0.2, 0.25) is 0 Å². The molecule has 0 saturated carbocycles. The largest absolute Gasteiger partial charge is 0.445 e. The highest BCUT2D eigenvalue weighted by molar-refractivity contribution is 5.67. The lowest BCUT2D eigenvalue weighted by molar-refractivity contribution is 0.0527. The van der Waals surface area contributed by atoms with E-state index in [0.717, 1.165) is 25.1 Å². The third-order valence-corrected chi connectivity index (χ3v) is 3.78. The van der Waals surface area contributed by atoms with Gasteiger partial charge in [-0.3, -0.25) is 4.90 Å². The second-order valence-electron chi connectivity index (χ2n) is 5.39. The lowest BCUT2D eigenvalue weighted by Gasteiger charge is -2.34. The fraction of sp³-hybridized carbons (Fsp3) is 0.562. The molecule has 5 nitrogen and oxygen atoms in total. The van der Waals surface area contributed by atoms with Crippen LogP contribution in [0.4, 0.5) is 4.79 Å². The van der Waals surface area contributed by atoms with Gasteiger partial charge in [0.05, 0.1) is 6.10 Å². The van der Waals surface area contributed by atoms with Crippen LogP contribution in [0, 0.1) is 0 Å². The molecule has 116 valence electrons. The van der Waals surface area contributed by atoms with E-state index in [2.05, 4.69) is 4.90 Å². The number of aliphatic hydroxyl groups is 1. The molecule has 21 heavy (non-hydrogen) atoms. The second-order valence-corrected chi connectivity index (χ2v) is 5.39. The molecule has 1 N–H and O–H groups in total. The molecule has 5 heteroatoms. The van der Waals surface area contributed by atoms with Gasteiger partial charge in [-0.05, 0) is 12.0 Å². The third kappa shape index (κ3) is 5.02. The van der Waals surface area contributed by atoms with Crippen LogP contribution in [0.25, 0.3) is 0 Å².